The molecule has 0 aliphatic carbocycles. The van der Waals surface area contributed by atoms with E-state index in [1.807, 2.05) is 60.7 Å². The molecule has 1 N–H and O–H groups in total. The molecular weight excluding hydrogens is 647 g/mol. The third-order valence-corrected chi connectivity index (χ3v) is 10.5. The van der Waals surface area contributed by atoms with E-state index in [0.717, 1.165) is 78.1 Å². The number of amides is 1. The fourth-order valence-corrected chi connectivity index (χ4v) is 7.33. The third kappa shape index (κ3) is 16.1. The number of hydrogen-bond acceptors (Lipinski definition) is 5. The number of piperidine rings is 1. The number of hydrogen-bond donors (Lipinski definition) is 1. The molecule has 0 unspecified atom stereocenters. The monoisotopic (exact) mass is 715 g/mol. The Morgan fingerprint density at radius 3 is 1.98 bits per heavy atom. The molecular formula is C45H68N3O4+. The van der Waals surface area contributed by atoms with Crippen molar-refractivity contribution in [2.45, 2.75) is 109 Å². The zero-order valence-corrected chi connectivity index (χ0v) is 32.7. The van der Waals surface area contributed by atoms with E-state index in [9.17, 15) is 4.79 Å². The lowest BCUT2D eigenvalue weighted by molar-refractivity contribution is -0.890. The Hall–Kier alpha value is -3.39. The maximum Gasteiger partial charge on any atom is 0.411 e. The Morgan fingerprint density at radius 1 is 0.712 bits per heavy atom. The minimum atomic E-state index is -0.355. The molecule has 3 aromatic rings. The third-order valence-electron chi connectivity index (χ3n) is 10.5. The number of quaternary nitrogens is 1. The smallest absolute Gasteiger partial charge is 0.411 e. The van der Waals surface area contributed by atoms with Crippen molar-refractivity contribution in [2.75, 3.05) is 65.9 Å². The van der Waals surface area contributed by atoms with Crippen molar-refractivity contribution in [1.82, 2.24) is 4.90 Å². The van der Waals surface area contributed by atoms with E-state index in [1.165, 1.54) is 90.1 Å². The average Bonchev–Trinajstić information content (AvgIpc) is 3.16. The van der Waals surface area contributed by atoms with Crippen LogP contribution in [-0.4, -0.2) is 82.1 Å². The van der Waals surface area contributed by atoms with Crippen molar-refractivity contribution in [2.24, 2.45) is 0 Å². The van der Waals surface area contributed by atoms with Gasteiger partial charge >= 0.3 is 6.09 Å². The SMILES string of the molecule is COc1ccccc1COCCCCCC[N+](C)(C)CCCCCCCCCCCN1CCC(OC(=O)Nc2ccccc2-c2ccccc2)CC1. The first-order valence-electron chi connectivity index (χ1n) is 20.3. The Labute approximate surface area is 315 Å². The maximum atomic E-state index is 12.7. The van der Waals surface area contributed by atoms with Gasteiger partial charge < -0.3 is 23.6 Å². The zero-order valence-electron chi connectivity index (χ0n) is 32.7. The van der Waals surface area contributed by atoms with E-state index in [4.69, 9.17) is 14.2 Å². The molecule has 0 saturated carbocycles. The molecule has 286 valence electrons. The van der Waals surface area contributed by atoms with Gasteiger partial charge in [0.15, 0.2) is 0 Å². The molecule has 1 amide bonds. The Kier molecular flexibility index (Phi) is 19.1. The maximum absolute atomic E-state index is 12.7. The Morgan fingerprint density at radius 2 is 1.29 bits per heavy atom. The second kappa shape index (κ2) is 24.0. The van der Waals surface area contributed by atoms with Crippen LogP contribution in [0.5, 0.6) is 5.75 Å². The summed E-state index contributed by atoms with van der Waals surface area (Å²) in [6, 6.07) is 26.1. The number of para-hydroxylation sites is 2. The number of methoxy groups -OCH3 is 1. The molecule has 0 atom stereocenters. The summed E-state index contributed by atoms with van der Waals surface area (Å²) in [4.78, 5) is 15.3. The lowest BCUT2D eigenvalue weighted by Crippen LogP contribution is -2.41. The number of nitrogens with zero attached hydrogens (tertiary/aromatic N) is 2. The zero-order chi connectivity index (χ0) is 36.7. The van der Waals surface area contributed by atoms with Crippen LogP contribution in [0.4, 0.5) is 10.5 Å². The highest BCUT2D eigenvalue weighted by atomic mass is 16.6. The standard InChI is InChI=1S/C45H67N3O4/c1-48(2,36-22-11-12-23-37-51-38-40-26-16-19-29-44(40)50-3)35-21-10-8-6-4-5-7-9-20-32-47-33-30-41(31-34-47)52-45(49)46-43-28-18-17-27-42(43)39-24-14-13-15-25-39/h13-19,24-29,41H,4-12,20-23,30-38H2,1-3H3/p+1. The molecule has 7 nitrogen and oxygen atoms in total. The molecule has 0 spiro atoms. The Bertz CT molecular complexity index is 1390. The Balaban J connectivity index is 0.912. The first kappa shape index (κ1) is 41.4. The summed E-state index contributed by atoms with van der Waals surface area (Å²) in [6.45, 7) is 7.20. The highest BCUT2D eigenvalue weighted by molar-refractivity contribution is 5.91. The van der Waals surface area contributed by atoms with Crippen LogP contribution in [-0.2, 0) is 16.1 Å². The van der Waals surface area contributed by atoms with Gasteiger partial charge in [-0.15, -0.1) is 0 Å². The van der Waals surface area contributed by atoms with Crippen molar-refractivity contribution >= 4 is 11.8 Å². The second-order valence-corrected chi connectivity index (χ2v) is 15.3. The largest absolute Gasteiger partial charge is 0.496 e. The molecule has 0 bridgehead atoms. The van der Waals surface area contributed by atoms with Crippen molar-refractivity contribution < 1.29 is 23.5 Å². The summed E-state index contributed by atoms with van der Waals surface area (Å²) in [7, 11) is 6.52. The predicted octanol–water partition coefficient (Wildman–Crippen LogP) is 10.7. The first-order valence-corrected chi connectivity index (χ1v) is 20.3. The van der Waals surface area contributed by atoms with Crippen molar-refractivity contribution in [3.8, 4) is 16.9 Å². The lowest BCUT2D eigenvalue weighted by atomic mass is 10.0. The number of rotatable bonds is 25. The highest BCUT2D eigenvalue weighted by Crippen LogP contribution is 2.28. The normalized spacial score (nSPS) is 14.0. The molecule has 3 aromatic carbocycles. The summed E-state index contributed by atoms with van der Waals surface area (Å²) in [5.74, 6) is 0.910. The topological polar surface area (TPSA) is 60.0 Å². The highest BCUT2D eigenvalue weighted by Gasteiger charge is 2.22. The molecule has 4 rings (SSSR count). The number of carbonyl (C=O) groups is 1. The number of nitrogens with one attached hydrogen (secondary N) is 1. The van der Waals surface area contributed by atoms with Crippen molar-refractivity contribution in [3.05, 3.63) is 84.4 Å². The lowest BCUT2D eigenvalue weighted by Gasteiger charge is -2.31. The van der Waals surface area contributed by atoms with Crippen LogP contribution < -0.4 is 10.1 Å². The van der Waals surface area contributed by atoms with Crippen LogP contribution in [0.1, 0.15) is 102 Å². The number of ether oxygens (including phenoxy) is 3. The summed E-state index contributed by atoms with van der Waals surface area (Å²) in [6.07, 6.45) is 18.6. The van der Waals surface area contributed by atoms with Gasteiger partial charge in [0.1, 0.15) is 11.9 Å². The molecule has 0 radical (unpaired) electrons. The predicted molar refractivity (Wildman–Crippen MR) is 216 cm³/mol. The summed E-state index contributed by atoms with van der Waals surface area (Å²) in [5.41, 5.74) is 3.99. The fraction of sp³-hybridized carbons (Fsp3) is 0.578. The van der Waals surface area contributed by atoms with Gasteiger partial charge in [0.25, 0.3) is 0 Å². The minimum absolute atomic E-state index is 0.0110. The molecule has 0 aromatic heterocycles. The van der Waals surface area contributed by atoms with Crippen LogP contribution in [0.25, 0.3) is 11.1 Å². The molecule has 1 fully saturated rings. The van der Waals surface area contributed by atoms with Crippen LogP contribution in [0, 0.1) is 0 Å². The number of likely N-dealkylation sites (tertiary alicyclic amines) is 1. The van der Waals surface area contributed by atoms with Crippen LogP contribution in [0.3, 0.4) is 0 Å². The van der Waals surface area contributed by atoms with E-state index in [1.54, 1.807) is 7.11 Å². The first-order chi connectivity index (χ1) is 25.4. The van der Waals surface area contributed by atoms with Crippen LogP contribution >= 0.6 is 0 Å². The quantitative estimate of drug-likeness (QED) is 0.0699. The van der Waals surface area contributed by atoms with Gasteiger partial charge in [-0.1, -0.05) is 112 Å². The van der Waals surface area contributed by atoms with Gasteiger partial charge in [0.2, 0.25) is 0 Å². The molecule has 52 heavy (non-hydrogen) atoms. The number of carbonyl (C=O) groups excluding carboxylic acids is 1. The molecule has 7 heteroatoms. The molecule has 1 aliphatic rings. The molecule has 1 heterocycles. The van der Waals surface area contributed by atoms with Gasteiger partial charge in [-0.3, -0.25) is 5.32 Å². The number of benzene rings is 3. The van der Waals surface area contributed by atoms with Gasteiger partial charge in [0.05, 0.1) is 46.6 Å². The van der Waals surface area contributed by atoms with E-state index in [-0.39, 0.29) is 12.2 Å². The van der Waals surface area contributed by atoms with E-state index in [2.05, 4.69) is 42.5 Å². The average molecular weight is 715 g/mol. The summed E-state index contributed by atoms with van der Waals surface area (Å²) < 4.78 is 18.3. The van der Waals surface area contributed by atoms with Gasteiger partial charge in [-0.05, 0) is 75.6 Å². The van der Waals surface area contributed by atoms with Crippen LogP contribution in [0.2, 0.25) is 0 Å². The van der Waals surface area contributed by atoms with Crippen molar-refractivity contribution in [3.63, 3.8) is 0 Å². The van der Waals surface area contributed by atoms with Crippen LogP contribution in [0.15, 0.2) is 78.9 Å². The summed E-state index contributed by atoms with van der Waals surface area (Å²) in [5, 5.41) is 2.98. The second-order valence-electron chi connectivity index (χ2n) is 15.3. The van der Waals surface area contributed by atoms with E-state index >= 15 is 0 Å². The van der Waals surface area contributed by atoms with Gasteiger partial charge in [-0.25, -0.2) is 4.79 Å². The van der Waals surface area contributed by atoms with E-state index in [0.29, 0.717) is 6.61 Å². The number of unbranched alkanes of at least 4 members (excludes halogenated alkanes) is 11. The number of anilines is 1. The summed E-state index contributed by atoms with van der Waals surface area (Å²) >= 11 is 0. The fourth-order valence-electron chi connectivity index (χ4n) is 7.33. The molecule has 1 aliphatic heterocycles. The van der Waals surface area contributed by atoms with Gasteiger partial charge in [0, 0.05) is 30.8 Å². The molecule has 1 saturated heterocycles. The van der Waals surface area contributed by atoms with E-state index < -0.39 is 0 Å². The van der Waals surface area contributed by atoms with Crippen molar-refractivity contribution in [1.29, 1.82) is 0 Å². The minimum Gasteiger partial charge on any atom is -0.496 e. The van der Waals surface area contributed by atoms with Gasteiger partial charge in [-0.2, -0.15) is 0 Å².